The van der Waals surface area contributed by atoms with Crippen molar-refractivity contribution in [3.8, 4) is 11.3 Å². The molecule has 0 saturated heterocycles. The van der Waals surface area contributed by atoms with Gasteiger partial charge >= 0.3 is 0 Å². The number of aromatic nitrogens is 1. The minimum absolute atomic E-state index is 0.526. The molecule has 1 fully saturated rings. The number of hydrogen-bond donors (Lipinski definition) is 2. The van der Waals surface area contributed by atoms with E-state index in [1.54, 1.807) is 0 Å². The smallest absolute Gasteiger partial charge is 0.150 e. The maximum absolute atomic E-state index is 6.04. The highest BCUT2D eigenvalue weighted by Crippen LogP contribution is 2.27. The van der Waals surface area contributed by atoms with Gasteiger partial charge < -0.3 is 11.1 Å². The van der Waals surface area contributed by atoms with E-state index in [1.165, 1.54) is 31.2 Å². The van der Waals surface area contributed by atoms with Crippen LogP contribution in [0.3, 0.4) is 0 Å². The molecule has 1 heterocycles. The molecule has 1 saturated carbocycles. The third-order valence-electron chi connectivity index (χ3n) is 3.97. The second-order valence-electron chi connectivity index (χ2n) is 5.63. The monoisotopic (exact) mass is 267 g/mol. The summed E-state index contributed by atoms with van der Waals surface area (Å²) in [6, 6.07) is 12.9. The van der Waals surface area contributed by atoms with E-state index in [2.05, 4.69) is 36.5 Å². The number of anilines is 2. The molecule has 3 rings (SSSR count). The molecule has 0 atom stereocenters. The van der Waals surface area contributed by atoms with Crippen LogP contribution in [0.1, 0.15) is 31.2 Å². The van der Waals surface area contributed by atoms with E-state index in [0.29, 0.717) is 6.04 Å². The first-order valence-electron chi connectivity index (χ1n) is 7.32. The van der Waals surface area contributed by atoms with Crippen molar-refractivity contribution in [1.82, 2.24) is 4.98 Å². The minimum atomic E-state index is 0.526. The number of hydrogen-bond acceptors (Lipinski definition) is 3. The van der Waals surface area contributed by atoms with E-state index in [-0.39, 0.29) is 0 Å². The van der Waals surface area contributed by atoms with Crippen molar-refractivity contribution in [2.75, 3.05) is 11.1 Å². The maximum atomic E-state index is 6.04. The van der Waals surface area contributed by atoms with Gasteiger partial charge in [-0.15, -0.1) is 0 Å². The van der Waals surface area contributed by atoms with E-state index in [0.717, 1.165) is 22.8 Å². The van der Waals surface area contributed by atoms with Crippen LogP contribution in [0.4, 0.5) is 11.5 Å². The molecule has 2 aromatic rings. The molecule has 0 spiro atoms. The highest BCUT2D eigenvalue weighted by molar-refractivity contribution is 5.69. The van der Waals surface area contributed by atoms with Crippen molar-refractivity contribution < 1.29 is 0 Å². The van der Waals surface area contributed by atoms with E-state index in [1.807, 2.05) is 12.1 Å². The Balaban J connectivity index is 1.87. The van der Waals surface area contributed by atoms with Crippen LogP contribution in [0.2, 0.25) is 0 Å². The van der Waals surface area contributed by atoms with Gasteiger partial charge in [-0.2, -0.15) is 0 Å². The van der Waals surface area contributed by atoms with E-state index < -0.39 is 0 Å². The number of nitrogens with zero attached hydrogens (tertiary/aromatic N) is 1. The number of nitrogen functional groups attached to an aromatic ring is 1. The van der Waals surface area contributed by atoms with E-state index in [4.69, 9.17) is 10.7 Å². The summed E-state index contributed by atoms with van der Waals surface area (Å²) in [6.45, 7) is 2.09. The van der Waals surface area contributed by atoms with Gasteiger partial charge in [0.25, 0.3) is 0 Å². The Hall–Kier alpha value is -2.03. The summed E-state index contributed by atoms with van der Waals surface area (Å²) in [5.41, 5.74) is 10.1. The molecule has 0 aliphatic heterocycles. The van der Waals surface area contributed by atoms with Crippen LogP contribution >= 0.6 is 0 Å². The molecule has 20 heavy (non-hydrogen) atoms. The van der Waals surface area contributed by atoms with Crippen LogP contribution in [0, 0.1) is 6.92 Å². The summed E-state index contributed by atoms with van der Waals surface area (Å²) in [6.07, 6.45) is 5.04. The second kappa shape index (κ2) is 5.53. The fraction of sp³-hybridized carbons (Fsp3) is 0.353. The predicted octanol–water partition coefficient (Wildman–Crippen LogP) is 3.99. The number of aryl methyl sites for hydroxylation is 1. The molecule has 1 aliphatic carbocycles. The molecule has 3 heteroatoms. The van der Waals surface area contributed by atoms with Gasteiger partial charge in [-0.3, -0.25) is 0 Å². The molecule has 0 bridgehead atoms. The average Bonchev–Trinajstić information content (AvgIpc) is 2.95. The zero-order valence-electron chi connectivity index (χ0n) is 11.9. The number of rotatable bonds is 3. The molecule has 0 radical (unpaired) electrons. The fourth-order valence-electron chi connectivity index (χ4n) is 2.73. The van der Waals surface area contributed by atoms with Crippen molar-refractivity contribution in [2.24, 2.45) is 0 Å². The SMILES string of the molecule is Cc1ccc(-c2ccc(N)c(NC3CCCC3)n2)cc1. The molecule has 3 N–H and O–H groups in total. The van der Waals surface area contributed by atoms with E-state index >= 15 is 0 Å². The van der Waals surface area contributed by atoms with Gasteiger partial charge in [0.05, 0.1) is 11.4 Å². The fourth-order valence-corrected chi connectivity index (χ4v) is 2.73. The Bertz CT molecular complexity index is 584. The zero-order valence-corrected chi connectivity index (χ0v) is 11.9. The van der Waals surface area contributed by atoms with Crippen LogP contribution in [0.5, 0.6) is 0 Å². The Kier molecular flexibility index (Phi) is 3.59. The van der Waals surface area contributed by atoms with Crippen LogP contribution in [-0.4, -0.2) is 11.0 Å². The van der Waals surface area contributed by atoms with Gasteiger partial charge in [0.1, 0.15) is 5.82 Å². The molecule has 1 aromatic heterocycles. The first-order chi connectivity index (χ1) is 9.72. The van der Waals surface area contributed by atoms with Crippen molar-refractivity contribution in [3.05, 3.63) is 42.0 Å². The number of nitrogens with two attached hydrogens (primary N) is 1. The predicted molar refractivity (Wildman–Crippen MR) is 84.7 cm³/mol. The van der Waals surface area contributed by atoms with Gasteiger partial charge in [0.15, 0.2) is 0 Å². The van der Waals surface area contributed by atoms with Gasteiger partial charge in [0, 0.05) is 11.6 Å². The quantitative estimate of drug-likeness (QED) is 0.884. The number of pyridine rings is 1. The Morgan fingerprint density at radius 1 is 1.05 bits per heavy atom. The molecule has 1 aromatic carbocycles. The summed E-state index contributed by atoms with van der Waals surface area (Å²) >= 11 is 0. The first-order valence-corrected chi connectivity index (χ1v) is 7.32. The lowest BCUT2D eigenvalue weighted by Gasteiger charge is -2.15. The van der Waals surface area contributed by atoms with Gasteiger partial charge in [-0.05, 0) is 31.9 Å². The average molecular weight is 267 g/mol. The van der Waals surface area contributed by atoms with Crippen molar-refractivity contribution in [1.29, 1.82) is 0 Å². The van der Waals surface area contributed by atoms with Gasteiger partial charge in [-0.1, -0.05) is 42.7 Å². The standard InChI is InChI=1S/C17H21N3/c1-12-6-8-13(9-7-12)16-11-10-15(18)17(20-16)19-14-4-2-3-5-14/h6-11,14H,2-5,18H2,1H3,(H,19,20). The summed E-state index contributed by atoms with van der Waals surface area (Å²) in [5.74, 6) is 0.829. The number of benzene rings is 1. The molecule has 104 valence electrons. The Morgan fingerprint density at radius 2 is 1.75 bits per heavy atom. The summed E-state index contributed by atoms with van der Waals surface area (Å²) in [5, 5.41) is 3.49. The van der Waals surface area contributed by atoms with Crippen LogP contribution in [0.15, 0.2) is 36.4 Å². The third kappa shape index (κ3) is 2.77. The van der Waals surface area contributed by atoms with Gasteiger partial charge in [0.2, 0.25) is 0 Å². The highest BCUT2D eigenvalue weighted by atomic mass is 15.0. The first kappa shape index (κ1) is 13.0. The lowest BCUT2D eigenvalue weighted by molar-refractivity contribution is 0.751. The molecular formula is C17H21N3. The lowest BCUT2D eigenvalue weighted by Crippen LogP contribution is -2.16. The van der Waals surface area contributed by atoms with Crippen molar-refractivity contribution >= 4 is 11.5 Å². The minimum Gasteiger partial charge on any atom is -0.396 e. The largest absolute Gasteiger partial charge is 0.396 e. The summed E-state index contributed by atoms with van der Waals surface area (Å²) < 4.78 is 0. The van der Waals surface area contributed by atoms with Gasteiger partial charge in [-0.25, -0.2) is 4.98 Å². The number of nitrogens with one attached hydrogen (secondary N) is 1. The topological polar surface area (TPSA) is 50.9 Å². The third-order valence-corrected chi connectivity index (χ3v) is 3.97. The zero-order chi connectivity index (χ0) is 13.9. The van der Waals surface area contributed by atoms with Crippen LogP contribution in [-0.2, 0) is 0 Å². The molecule has 0 amide bonds. The summed E-state index contributed by atoms with van der Waals surface area (Å²) in [4.78, 5) is 4.70. The normalized spacial score (nSPS) is 15.4. The summed E-state index contributed by atoms with van der Waals surface area (Å²) in [7, 11) is 0. The molecular weight excluding hydrogens is 246 g/mol. The highest BCUT2D eigenvalue weighted by Gasteiger charge is 2.16. The van der Waals surface area contributed by atoms with Crippen LogP contribution in [0.25, 0.3) is 11.3 Å². The maximum Gasteiger partial charge on any atom is 0.150 e. The van der Waals surface area contributed by atoms with Crippen molar-refractivity contribution in [2.45, 2.75) is 38.6 Å². The second-order valence-corrected chi connectivity index (χ2v) is 5.63. The Morgan fingerprint density at radius 3 is 2.45 bits per heavy atom. The molecule has 1 aliphatic rings. The van der Waals surface area contributed by atoms with Crippen molar-refractivity contribution in [3.63, 3.8) is 0 Å². The van der Waals surface area contributed by atoms with E-state index in [9.17, 15) is 0 Å². The lowest BCUT2D eigenvalue weighted by atomic mass is 10.1. The Labute approximate surface area is 120 Å². The molecule has 3 nitrogen and oxygen atoms in total. The van der Waals surface area contributed by atoms with Crippen LogP contribution < -0.4 is 11.1 Å². The molecule has 0 unspecified atom stereocenters.